The molecule has 0 amide bonds. The van der Waals surface area contributed by atoms with Crippen LogP contribution in [0.3, 0.4) is 0 Å². The summed E-state index contributed by atoms with van der Waals surface area (Å²) in [6, 6.07) is 17.9. The largest absolute Gasteiger partial charge is 0.423 e. The van der Waals surface area contributed by atoms with E-state index < -0.39 is 5.97 Å². The highest BCUT2D eigenvalue weighted by atomic mass is 35.5. The highest BCUT2D eigenvalue weighted by Crippen LogP contribution is 2.26. The van der Waals surface area contributed by atoms with E-state index in [0.717, 1.165) is 0 Å². The van der Waals surface area contributed by atoms with E-state index >= 15 is 0 Å². The second kappa shape index (κ2) is 9.07. The van der Waals surface area contributed by atoms with Gasteiger partial charge in [0.1, 0.15) is 5.75 Å². The molecule has 6 heteroatoms. The fraction of sp³-hybridized carbons (Fsp3) is 0. The van der Waals surface area contributed by atoms with Gasteiger partial charge in [0.05, 0.1) is 10.6 Å². The van der Waals surface area contributed by atoms with Gasteiger partial charge in [0.2, 0.25) is 0 Å². The van der Waals surface area contributed by atoms with Crippen LogP contribution in [-0.4, -0.2) is 11.8 Å². The summed E-state index contributed by atoms with van der Waals surface area (Å²) in [5.41, 5.74) is 1.27. The van der Waals surface area contributed by atoms with Gasteiger partial charge in [0.25, 0.3) is 0 Å². The average Bonchev–Trinajstić information content (AvgIpc) is 2.68. The monoisotopic (exact) mass is 430 g/mol. The number of hydrogen-bond acceptors (Lipinski definition) is 3. The van der Waals surface area contributed by atoms with Gasteiger partial charge in [-0.1, -0.05) is 53.0 Å². The lowest BCUT2D eigenvalue weighted by Crippen LogP contribution is -2.09. The molecule has 0 spiro atoms. The second-order valence-corrected chi connectivity index (χ2v) is 6.95. The first kappa shape index (κ1) is 20.2. The summed E-state index contributed by atoms with van der Waals surface area (Å²) in [6.45, 7) is 0. The van der Waals surface area contributed by atoms with Gasteiger partial charge < -0.3 is 4.74 Å². The smallest absolute Gasteiger partial charge is 0.345 e. The minimum atomic E-state index is -0.571. The van der Waals surface area contributed by atoms with Gasteiger partial charge in [0, 0.05) is 21.2 Å². The Balaban J connectivity index is 1.70. The molecule has 0 heterocycles. The number of benzene rings is 3. The molecule has 3 aromatic carbocycles. The molecule has 0 aromatic heterocycles. The lowest BCUT2D eigenvalue weighted by Gasteiger charge is -2.06. The standard InChI is InChI=1S/C22H13Cl3O3/c23-18-6-3-7-19(24)16(18)12-13-21(26)14-8-10-15(11-9-14)28-22(27)17-4-1-2-5-20(17)25/h1-13H/b13-12+. The Morgan fingerprint density at radius 1 is 0.750 bits per heavy atom. The number of halogens is 3. The van der Waals surface area contributed by atoms with Gasteiger partial charge in [-0.15, -0.1) is 0 Å². The molecule has 0 aliphatic rings. The van der Waals surface area contributed by atoms with Crippen LogP contribution >= 0.6 is 34.8 Å². The Morgan fingerprint density at radius 3 is 2.00 bits per heavy atom. The quantitative estimate of drug-likeness (QED) is 0.194. The van der Waals surface area contributed by atoms with E-state index in [1.165, 1.54) is 18.2 Å². The van der Waals surface area contributed by atoms with E-state index in [1.54, 1.807) is 60.7 Å². The summed E-state index contributed by atoms with van der Waals surface area (Å²) in [5, 5.41) is 1.22. The fourth-order valence-electron chi connectivity index (χ4n) is 2.40. The van der Waals surface area contributed by atoms with Gasteiger partial charge in [-0.2, -0.15) is 0 Å². The van der Waals surface area contributed by atoms with Crippen molar-refractivity contribution < 1.29 is 14.3 Å². The van der Waals surface area contributed by atoms with Crippen molar-refractivity contribution in [2.45, 2.75) is 0 Å². The van der Waals surface area contributed by atoms with Crippen LogP contribution in [0.1, 0.15) is 26.3 Å². The van der Waals surface area contributed by atoms with Crippen molar-refractivity contribution in [3.63, 3.8) is 0 Å². The van der Waals surface area contributed by atoms with Crippen LogP contribution in [0.2, 0.25) is 15.1 Å². The number of rotatable bonds is 5. The SMILES string of the molecule is O=C(/C=C/c1c(Cl)cccc1Cl)c1ccc(OC(=O)c2ccccc2Cl)cc1. The first-order valence-corrected chi connectivity index (χ1v) is 9.32. The summed E-state index contributed by atoms with van der Waals surface area (Å²) in [7, 11) is 0. The van der Waals surface area contributed by atoms with Crippen LogP contribution in [0, 0.1) is 0 Å². The van der Waals surface area contributed by atoms with E-state index in [0.29, 0.717) is 31.9 Å². The van der Waals surface area contributed by atoms with Crippen molar-refractivity contribution >= 4 is 52.6 Å². The van der Waals surface area contributed by atoms with E-state index in [-0.39, 0.29) is 11.3 Å². The molecule has 0 saturated carbocycles. The molecular weight excluding hydrogens is 419 g/mol. The van der Waals surface area contributed by atoms with Crippen molar-refractivity contribution in [1.82, 2.24) is 0 Å². The van der Waals surface area contributed by atoms with E-state index in [2.05, 4.69) is 0 Å². The molecule has 0 fully saturated rings. The molecule has 0 bridgehead atoms. The second-order valence-electron chi connectivity index (χ2n) is 5.73. The van der Waals surface area contributed by atoms with Gasteiger partial charge >= 0.3 is 5.97 Å². The molecule has 0 aliphatic heterocycles. The lowest BCUT2D eigenvalue weighted by atomic mass is 10.1. The maximum atomic E-state index is 12.3. The minimum Gasteiger partial charge on any atom is -0.423 e. The Labute approximate surface area is 177 Å². The third-order valence-corrected chi connectivity index (χ3v) is 4.83. The highest BCUT2D eigenvalue weighted by molar-refractivity contribution is 6.37. The fourth-order valence-corrected chi connectivity index (χ4v) is 3.14. The zero-order valence-electron chi connectivity index (χ0n) is 14.4. The number of carbonyl (C=O) groups excluding carboxylic acids is 2. The van der Waals surface area contributed by atoms with Crippen molar-refractivity contribution in [3.05, 3.63) is 105 Å². The van der Waals surface area contributed by atoms with Crippen molar-refractivity contribution in [1.29, 1.82) is 0 Å². The van der Waals surface area contributed by atoms with Crippen LogP contribution in [0.4, 0.5) is 0 Å². The summed E-state index contributed by atoms with van der Waals surface area (Å²) >= 11 is 18.2. The molecule has 0 N–H and O–H groups in total. The third kappa shape index (κ3) is 4.82. The van der Waals surface area contributed by atoms with Crippen molar-refractivity contribution in [2.75, 3.05) is 0 Å². The predicted octanol–water partition coefficient (Wildman–Crippen LogP) is 6.76. The molecule has 3 nitrogen and oxygen atoms in total. The van der Waals surface area contributed by atoms with E-state index in [1.807, 2.05) is 0 Å². The molecule has 3 aromatic rings. The maximum absolute atomic E-state index is 12.3. The van der Waals surface area contributed by atoms with Crippen molar-refractivity contribution in [3.8, 4) is 5.75 Å². The van der Waals surface area contributed by atoms with Crippen LogP contribution < -0.4 is 4.74 Å². The Kier molecular flexibility index (Phi) is 6.53. The summed E-state index contributed by atoms with van der Waals surface area (Å²) < 4.78 is 5.29. The summed E-state index contributed by atoms with van der Waals surface area (Å²) in [5.74, 6) is -0.502. The number of allylic oxidation sites excluding steroid dienone is 1. The Hall–Kier alpha value is -2.59. The number of hydrogen-bond donors (Lipinski definition) is 0. The number of esters is 1. The van der Waals surface area contributed by atoms with Gasteiger partial charge in [0.15, 0.2) is 5.78 Å². The van der Waals surface area contributed by atoms with Crippen LogP contribution in [-0.2, 0) is 0 Å². The molecule has 140 valence electrons. The molecule has 0 atom stereocenters. The maximum Gasteiger partial charge on any atom is 0.345 e. The predicted molar refractivity (Wildman–Crippen MR) is 113 cm³/mol. The molecule has 0 unspecified atom stereocenters. The van der Waals surface area contributed by atoms with Gasteiger partial charge in [-0.3, -0.25) is 4.79 Å². The van der Waals surface area contributed by atoms with Gasteiger partial charge in [-0.05, 0) is 60.7 Å². The minimum absolute atomic E-state index is 0.236. The summed E-state index contributed by atoms with van der Waals surface area (Å²) in [6.07, 6.45) is 2.95. The molecule has 0 aliphatic carbocycles. The van der Waals surface area contributed by atoms with Crippen LogP contribution in [0.15, 0.2) is 72.8 Å². The van der Waals surface area contributed by atoms with E-state index in [9.17, 15) is 9.59 Å². The summed E-state index contributed by atoms with van der Waals surface area (Å²) in [4.78, 5) is 24.5. The Morgan fingerprint density at radius 2 is 1.36 bits per heavy atom. The first-order chi connectivity index (χ1) is 13.5. The molecule has 28 heavy (non-hydrogen) atoms. The van der Waals surface area contributed by atoms with Crippen LogP contribution in [0.5, 0.6) is 5.75 Å². The topological polar surface area (TPSA) is 43.4 Å². The molecule has 0 radical (unpaired) electrons. The van der Waals surface area contributed by atoms with Gasteiger partial charge in [-0.25, -0.2) is 4.79 Å². The van der Waals surface area contributed by atoms with Crippen molar-refractivity contribution in [2.24, 2.45) is 0 Å². The number of carbonyl (C=O) groups is 2. The zero-order valence-corrected chi connectivity index (χ0v) is 16.6. The lowest BCUT2D eigenvalue weighted by molar-refractivity contribution is 0.0735. The number of ketones is 1. The average molecular weight is 432 g/mol. The molecular formula is C22H13Cl3O3. The Bertz CT molecular complexity index is 1040. The molecule has 0 saturated heterocycles. The zero-order chi connectivity index (χ0) is 20.1. The normalized spacial score (nSPS) is 10.8. The van der Waals surface area contributed by atoms with Crippen LogP contribution in [0.25, 0.3) is 6.08 Å². The number of ether oxygens (including phenoxy) is 1. The van der Waals surface area contributed by atoms with E-state index in [4.69, 9.17) is 39.5 Å². The first-order valence-electron chi connectivity index (χ1n) is 8.19. The highest BCUT2D eigenvalue weighted by Gasteiger charge is 2.12. The molecule has 3 rings (SSSR count). The third-order valence-electron chi connectivity index (χ3n) is 3.84.